The zero-order valence-electron chi connectivity index (χ0n) is 10.1. The smallest absolute Gasteiger partial charge is 0.255 e. The summed E-state index contributed by atoms with van der Waals surface area (Å²) in [6, 6.07) is 4.13. The number of carbonyl (C=O) groups excluding carboxylic acids is 1. The van der Waals surface area contributed by atoms with Gasteiger partial charge in [-0.05, 0) is 31.0 Å². The van der Waals surface area contributed by atoms with Gasteiger partial charge in [0.15, 0.2) is 9.84 Å². The standard InChI is InChI=1S/C12H14ClNO4S/c13-8-3-4-11(15)10(6-8)12(16)14-7-9-2-1-5-19(9,17)18/h3-4,6,9,15H,1-2,5,7H2,(H,14,16). The van der Waals surface area contributed by atoms with Gasteiger partial charge in [-0.15, -0.1) is 0 Å². The van der Waals surface area contributed by atoms with E-state index < -0.39 is 21.0 Å². The van der Waals surface area contributed by atoms with Crippen LogP contribution in [0.3, 0.4) is 0 Å². The van der Waals surface area contributed by atoms with Gasteiger partial charge in [-0.1, -0.05) is 11.6 Å². The number of benzene rings is 1. The molecule has 1 aliphatic heterocycles. The van der Waals surface area contributed by atoms with Crippen molar-refractivity contribution in [3.05, 3.63) is 28.8 Å². The van der Waals surface area contributed by atoms with Gasteiger partial charge >= 0.3 is 0 Å². The van der Waals surface area contributed by atoms with Crippen molar-refractivity contribution in [1.82, 2.24) is 5.32 Å². The Morgan fingerprint density at radius 1 is 1.47 bits per heavy atom. The van der Waals surface area contributed by atoms with Crippen LogP contribution in [0.4, 0.5) is 0 Å². The quantitative estimate of drug-likeness (QED) is 0.883. The van der Waals surface area contributed by atoms with Crippen LogP contribution in [-0.4, -0.2) is 37.0 Å². The summed E-state index contributed by atoms with van der Waals surface area (Å²) < 4.78 is 23.2. The molecule has 1 fully saturated rings. The van der Waals surface area contributed by atoms with Gasteiger partial charge < -0.3 is 10.4 Å². The number of halogens is 1. The van der Waals surface area contributed by atoms with Crippen LogP contribution in [0, 0.1) is 0 Å². The zero-order valence-corrected chi connectivity index (χ0v) is 11.7. The van der Waals surface area contributed by atoms with Crippen molar-refractivity contribution >= 4 is 27.3 Å². The van der Waals surface area contributed by atoms with Crippen molar-refractivity contribution in [2.45, 2.75) is 18.1 Å². The molecule has 1 atom stereocenters. The summed E-state index contributed by atoms with van der Waals surface area (Å²) in [7, 11) is -3.09. The second-order valence-corrected chi connectivity index (χ2v) is 7.34. The Morgan fingerprint density at radius 2 is 2.21 bits per heavy atom. The molecular formula is C12H14ClNO4S. The van der Waals surface area contributed by atoms with Crippen LogP contribution in [0.2, 0.25) is 5.02 Å². The third kappa shape index (κ3) is 3.19. The number of aromatic hydroxyl groups is 1. The minimum absolute atomic E-state index is 0.0443. The average molecular weight is 304 g/mol. The summed E-state index contributed by atoms with van der Waals surface area (Å²) in [5, 5.41) is 11.9. The minimum atomic E-state index is -3.09. The second kappa shape index (κ2) is 5.38. The summed E-state index contributed by atoms with van der Waals surface area (Å²) in [6.45, 7) is 0.0626. The maximum absolute atomic E-state index is 11.9. The minimum Gasteiger partial charge on any atom is -0.507 e. The van der Waals surface area contributed by atoms with E-state index >= 15 is 0 Å². The predicted octanol–water partition coefficient (Wildman–Crippen LogP) is 1.35. The van der Waals surface area contributed by atoms with Crippen LogP contribution in [-0.2, 0) is 9.84 Å². The topological polar surface area (TPSA) is 83.5 Å². The first-order valence-electron chi connectivity index (χ1n) is 5.88. The van der Waals surface area contributed by atoms with Crippen LogP contribution >= 0.6 is 11.6 Å². The fourth-order valence-electron chi connectivity index (χ4n) is 2.08. The van der Waals surface area contributed by atoms with E-state index in [4.69, 9.17) is 11.6 Å². The van der Waals surface area contributed by atoms with E-state index in [0.29, 0.717) is 17.9 Å². The van der Waals surface area contributed by atoms with Crippen LogP contribution in [0.15, 0.2) is 18.2 Å². The Labute approximate surface area is 116 Å². The number of rotatable bonds is 3. The summed E-state index contributed by atoms with van der Waals surface area (Å²) in [5.74, 6) is -0.533. The van der Waals surface area contributed by atoms with Gasteiger partial charge in [0.1, 0.15) is 5.75 Å². The highest BCUT2D eigenvalue weighted by Gasteiger charge is 2.31. The van der Waals surface area contributed by atoms with Gasteiger partial charge in [-0.3, -0.25) is 4.79 Å². The molecule has 2 N–H and O–H groups in total. The number of carbonyl (C=O) groups is 1. The Hall–Kier alpha value is -1.27. The molecule has 1 amide bonds. The molecule has 0 aromatic heterocycles. The Balaban J connectivity index is 2.04. The highest BCUT2D eigenvalue weighted by molar-refractivity contribution is 7.92. The Morgan fingerprint density at radius 3 is 2.84 bits per heavy atom. The van der Waals surface area contributed by atoms with E-state index in [1.807, 2.05) is 0 Å². The van der Waals surface area contributed by atoms with E-state index in [0.717, 1.165) is 0 Å². The maximum Gasteiger partial charge on any atom is 0.255 e. The van der Waals surface area contributed by atoms with Crippen LogP contribution in [0.25, 0.3) is 0 Å². The van der Waals surface area contributed by atoms with E-state index in [-0.39, 0.29) is 23.6 Å². The Kier molecular flexibility index (Phi) is 4.01. The molecule has 104 valence electrons. The van der Waals surface area contributed by atoms with Crippen LogP contribution in [0.1, 0.15) is 23.2 Å². The fourth-order valence-corrected chi connectivity index (χ4v) is 4.02. The van der Waals surface area contributed by atoms with Gasteiger partial charge in [0.05, 0.1) is 16.6 Å². The Bertz CT molecular complexity index is 600. The lowest BCUT2D eigenvalue weighted by atomic mass is 10.2. The van der Waals surface area contributed by atoms with Crippen molar-refractivity contribution in [1.29, 1.82) is 0 Å². The number of phenols is 1. The number of sulfone groups is 1. The second-order valence-electron chi connectivity index (χ2n) is 4.50. The van der Waals surface area contributed by atoms with Crippen LogP contribution in [0.5, 0.6) is 5.75 Å². The lowest BCUT2D eigenvalue weighted by Gasteiger charge is -2.11. The molecule has 1 saturated heterocycles. The molecule has 1 aliphatic rings. The third-order valence-corrected chi connectivity index (χ3v) is 5.67. The number of hydrogen-bond acceptors (Lipinski definition) is 4. The van der Waals surface area contributed by atoms with Gasteiger partial charge in [-0.2, -0.15) is 0 Å². The number of phenolic OH excluding ortho intramolecular Hbond substituents is 1. The monoisotopic (exact) mass is 303 g/mol. The molecule has 1 heterocycles. The molecule has 0 bridgehead atoms. The van der Waals surface area contributed by atoms with Gasteiger partial charge in [0.2, 0.25) is 0 Å². The first kappa shape index (κ1) is 14.1. The van der Waals surface area contributed by atoms with Crippen LogP contribution < -0.4 is 5.32 Å². The normalized spacial score (nSPS) is 21.2. The summed E-state index contributed by atoms with van der Waals surface area (Å²) in [5.41, 5.74) is 0.0443. The van der Waals surface area contributed by atoms with Gasteiger partial charge in [0, 0.05) is 11.6 Å². The molecule has 0 spiro atoms. The molecular weight excluding hydrogens is 290 g/mol. The average Bonchev–Trinajstić information content (AvgIpc) is 2.68. The van der Waals surface area contributed by atoms with Crippen molar-refractivity contribution in [2.75, 3.05) is 12.3 Å². The number of amides is 1. The van der Waals surface area contributed by atoms with Crippen molar-refractivity contribution in [2.24, 2.45) is 0 Å². The largest absolute Gasteiger partial charge is 0.507 e. The molecule has 1 unspecified atom stereocenters. The van der Waals surface area contributed by atoms with E-state index in [2.05, 4.69) is 5.32 Å². The molecule has 2 rings (SSSR count). The summed E-state index contributed by atoms with van der Waals surface area (Å²) >= 11 is 5.75. The highest BCUT2D eigenvalue weighted by atomic mass is 35.5. The molecule has 5 nitrogen and oxygen atoms in total. The first-order valence-corrected chi connectivity index (χ1v) is 7.98. The third-order valence-electron chi connectivity index (χ3n) is 3.16. The van der Waals surface area contributed by atoms with E-state index in [1.54, 1.807) is 0 Å². The fraction of sp³-hybridized carbons (Fsp3) is 0.417. The lowest BCUT2D eigenvalue weighted by molar-refractivity contribution is 0.0951. The zero-order chi connectivity index (χ0) is 14.0. The van der Waals surface area contributed by atoms with Crippen molar-refractivity contribution < 1.29 is 18.3 Å². The maximum atomic E-state index is 11.9. The predicted molar refractivity (Wildman–Crippen MR) is 72.3 cm³/mol. The molecule has 0 radical (unpaired) electrons. The van der Waals surface area contributed by atoms with Gasteiger partial charge in [-0.25, -0.2) is 8.42 Å². The molecule has 7 heteroatoms. The van der Waals surface area contributed by atoms with E-state index in [1.165, 1.54) is 18.2 Å². The van der Waals surface area contributed by atoms with Crippen molar-refractivity contribution in [3.8, 4) is 5.75 Å². The SMILES string of the molecule is O=C(NCC1CCCS1(=O)=O)c1cc(Cl)ccc1O. The number of hydrogen-bond donors (Lipinski definition) is 2. The number of nitrogens with one attached hydrogen (secondary N) is 1. The van der Waals surface area contributed by atoms with Crippen molar-refractivity contribution in [3.63, 3.8) is 0 Å². The molecule has 0 saturated carbocycles. The first-order chi connectivity index (χ1) is 8.90. The molecule has 19 heavy (non-hydrogen) atoms. The lowest BCUT2D eigenvalue weighted by Crippen LogP contribution is -2.34. The summed E-state index contributed by atoms with van der Waals surface area (Å²) in [6.07, 6.45) is 1.19. The molecule has 1 aromatic rings. The molecule has 0 aliphatic carbocycles. The highest BCUT2D eigenvalue weighted by Crippen LogP contribution is 2.22. The van der Waals surface area contributed by atoms with E-state index in [9.17, 15) is 18.3 Å². The summed E-state index contributed by atoms with van der Waals surface area (Å²) in [4.78, 5) is 11.9. The molecule has 1 aromatic carbocycles. The van der Waals surface area contributed by atoms with Gasteiger partial charge in [0.25, 0.3) is 5.91 Å².